The van der Waals surface area contributed by atoms with Gasteiger partial charge in [0.1, 0.15) is 6.04 Å². The molecule has 88 valence electrons. The molecule has 2 rings (SSSR count). The minimum Gasteiger partial charge on any atom is -0.464 e. The van der Waals surface area contributed by atoms with Crippen LogP contribution in [0.3, 0.4) is 0 Å². The van der Waals surface area contributed by atoms with Crippen molar-refractivity contribution in [1.29, 1.82) is 0 Å². The van der Waals surface area contributed by atoms with Crippen molar-refractivity contribution in [2.24, 2.45) is 0 Å². The van der Waals surface area contributed by atoms with Crippen LogP contribution in [-0.4, -0.2) is 24.5 Å². The topological polar surface area (TPSA) is 55.4 Å². The lowest BCUT2D eigenvalue weighted by Crippen LogP contribution is -2.36. The fourth-order valence-corrected chi connectivity index (χ4v) is 1.58. The van der Waals surface area contributed by atoms with Gasteiger partial charge in [-0.2, -0.15) is 0 Å². The molecule has 0 radical (unpaired) electrons. The van der Waals surface area contributed by atoms with E-state index in [0.29, 0.717) is 13.0 Å². The van der Waals surface area contributed by atoms with E-state index in [0.717, 1.165) is 5.56 Å². The van der Waals surface area contributed by atoms with Crippen LogP contribution in [0.1, 0.15) is 12.0 Å². The molecular weight excluding hydrogens is 218 g/mol. The zero-order chi connectivity index (χ0) is 12.1. The molecule has 4 heteroatoms. The van der Waals surface area contributed by atoms with Crippen LogP contribution in [0.5, 0.6) is 0 Å². The number of carbonyl (C=O) groups excluding carboxylic acids is 2. The summed E-state index contributed by atoms with van der Waals surface area (Å²) in [5.41, 5.74) is 0.941. The van der Waals surface area contributed by atoms with Crippen LogP contribution in [0.2, 0.25) is 0 Å². The number of hydrogen-bond acceptors (Lipinski definition) is 3. The molecule has 1 aliphatic rings. The van der Waals surface area contributed by atoms with Crippen LogP contribution in [0.4, 0.5) is 0 Å². The maximum atomic E-state index is 11.5. The van der Waals surface area contributed by atoms with Gasteiger partial charge in [-0.05, 0) is 11.6 Å². The van der Waals surface area contributed by atoms with Gasteiger partial charge in [-0.25, -0.2) is 4.79 Å². The first-order valence-electron chi connectivity index (χ1n) is 5.46. The minimum atomic E-state index is -0.497. The summed E-state index contributed by atoms with van der Waals surface area (Å²) in [6.45, 7) is 0.381. The van der Waals surface area contributed by atoms with Gasteiger partial charge < -0.3 is 10.1 Å². The molecule has 1 aromatic rings. The minimum absolute atomic E-state index is 0.280. The fourth-order valence-electron chi connectivity index (χ4n) is 1.58. The molecule has 0 spiro atoms. The Morgan fingerprint density at radius 3 is 2.76 bits per heavy atom. The molecule has 0 aliphatic carbocycles. The van der Waals surface area contributed by atoms with Crippen LogP contribution in [0, 0.1) is 0 Å². The predicted octanol–water partition coefficient (Wildman–Crippen LogP) is 1.13. The van der Waals surface area contributed by atoms with E-state index in [4.69, 9.17) is 4.74 Å². The highest BCUT2D eigenvalue weighted by Gasteiger charge is 2.27. The number of carbonyl (C=O) groups is 2. The van der Waals surface area contributed by atoms with Gasteiger partial charge in [0.25, 0.3) is 0 Å². The van der Waals surface area contributed by atoms with Crippen LogP contribution < -0.4 is 5.32 Å². The largest absolute Gasteiger partial charge is 0.464 e. The third kappa shape index (κ3) is 3.17. The van der Waals surface area contributed by atoms with Gasteiger partial charge in [-0.1, -0.05) is 30.3 Å². The van der Waals surface area contributed by atoms with Crippen molar-refractivity contribution in [3.8, 4) is 0 Å². The lowest BCUT2D eigenvalue weighted by Gasteiger charge is -2.05. The molecule has 1 amide bonds. The monoisotopic (exact) mass is 231 g/mol. The first-order chi connectivity index (χ1) is 8.25. The highest BCUT2D eigenvalue weighted by Crippen LogP contribution is 2.06. The Hall–Kier alpha value is -2.10. The van der Waals surface area contributed by atoms with E-state index in [1.165, 1.54) is 6.08 Å². The van der Waals surface area contributed by atoms with Crippen LogP contribution >= 0.6 is 0 Å². The third-order valence-electron chi connectivity index (χ3n) is 2.48. The maximum Gasteiger partial charge on any atom is 0.328 e. The highest BCUT2D eigenvalue weighted by molar-refractivity contribution is 5.94. The Balaban J connectivity index is 1.89. The Morgan fingerprint density at radius 1 is 1.35 bits per heavy atom. The average molecular weight is 231 g/mol. The van der Waals surface area contributed by atoms with Crippen LogP contribution in [-0.2, 0) is 14.3 Å². The number of cyclic esters (lactones) is 1. The van der Waals surface area contributed by atoms with Gasteiger partial charge in [0.05, 0.1) is 6.61 Å². The van der Waals surface area contributed by atoms with Crippen molar-refractivity contribution in [2.75, 3.05) is 6.61 Å². The molecule has 4 nitrogen and oxygen atoms in total. The third-order valence-corrected chi connectivity index (χ3v) is 2.48. The number of nitrogens with one attached hydrogen (secondary N) is 1. The first-order valence-corrected chi connectivity index (χ1v) is 5.46. The summed E-state index contributed by atoms with van der Waals surface area (Å²) in [7, 11) is 0. The SMILES string of the molecule is O=C(/C=C/c1ccccc1)NC1CCOC1=O. The Morgan fingerprint density at radius 2 is 2.12 bits per heavy atom. The highest BCUT2D eigenvalue weighted by atomic mass is 16.5. The summed E-state index contributed by atoms with van der Waals surface area (Å²) in [5.74, 6) is -0.635. The van der Waals surface area contributed by atoms with E-state index in [2.05, 4.69) is 5.32 Å². The number of hydrogen-bond donors (Lipinski definition) is 1. The fraction of sp³-hybridized carbons (Fsp3) is 0.231. The summed E-state index contributed by atoms with van der Waals surface area (Å²) < 4.78 is 4.75. The van der Waals surface area contributed by atoms with Gasteiger partial charge in [0.2, 0.25) is 5.91 Å². The van der Waals surface area contributed by atoms with Gasteiger partial charge >= 0.3 is 5.97 Å². The maximum absolute atomic E-state index is 11.5. The van der Waals surface area contributed by atoms with Crippen molar-refractivity contribution in [2.45, 2.75) is 12.5 Å². The Bertz CT molecular complexity index is 439. The molecule has 1 saturated heterocycles. The molecule has 1 unspecified atom stereocenters. The first kappa shape index (κ1) is 11.4. The summed E-state index contributed by atoms with van der Waals surface area (Å²) in [5, 5.41) is 2.60. The van der Waals surface area contributed by atoms with E-state index < -0.39 is 6.04 Å². The molecular formula is C13H13NO3. The smallest absolute Gasteiger partial charge is 0.328 e. The zero-order valence-electron chi connectivity index (χ0n) is 9.26. The molecule has 1 heterocycles. The second kappa shape index (κ2) is 5.30. The van der Waals surface area contributed by atoms with Crippen molar-refractivity contribution in [3.05, 3.63) is 42.0 Å². The summed E-state index contributed by atoms with van der Waals surface area (Å²) in [4.78, 5) is 22.6. The molecule has 0 saturated carbocycles. The second-order valence-electron chi connectivity index (χ2n) is 3.76. The van der Waals surface area contributed by atoms with Gasteiger partial charge in [-0.3, -0.25) is 4.79 Å². The second-order valence-corrected chi connectivity index (χ2v) is 3.76. The Labute approximate surface area is 99.3 Å². The molecule has 1 N–H and O–H groups in total. The van der Waals surface area contributed by atoms with E-state index in [9.17, 15) is 9.59 Å². The van der Waals surface area contributed by atoms with Crippen molar-refractivity contribution in [3.63, 3.8) is 0 Å². The van der Waals surface area contributed by atoms with Gasteiger partial charge in [0.15, 0.2) is 0 Å². The van der Waals surface area contributed by atoms with Crippen molar-refractivity contribution in [1.82, 2.24) is 5.32 Å². The predicted molar refractivity (Wildman–Crippen MR) is 63.0 cm³/mol. The van der Waals surface area contributed by atoms with E-state index in [1.54, 1.807) is 6.08 Å². The van der Waals surface area contributed by atoms with E-state index in [-0.39, 0.29) is 11.9 Å². The van der Waals surface area contributed by atoms with E-state index >= 15 is 0 Å². The average Bonchev–Trinajstić information content (AvgIpc) is 2.74. The Kier molecular flexibility index (Phi) is 3.55. The normalized spacial score (nSPS) is 19.3. The van der Waals surface area contributed by atoms with Crippen molar-refractivity contribution >= 4 is 18.0 Å². The van der Waals surface area contributed by atoms with Crippen LogP contribution in [0.25, 0.3) is 6.08 Å². The standard InChI is InChI=1S/C13H13NO3/c15-12(14-11-8-9-17-13(11)16)7-6-10-4-2-1-3-5-10/h1-7,11H,8-9H2,(H,14,15)/b7-6+. The molecule has 1 aromatic carbocycles. The van der Waals surface area contributed by atoms with E-state index in [1.807, 2.05) is 30.3 Å². The number of amides is 1. The lowest BCUT2D eigenvalue weighted by molar-refractivity contribution is -0.140. The number of ether oxygens (including phenoxy) is 1. The number of esters is 1. The summed E-state index contributed by atoms with van der Waals surface area (Å²) >= 11 is 0. The molecule has 1 aliphatic heterocycles. The molecule has 1 atom stereocenters. The molecule has 1 fully saturated rings. The van der Waals surface area contributed by atoms with Gasteiger partial charge in [-0.15, -0.1) is 0 Å². The number of benzene rings is 1. The quantitative estimate of drug-likeness (QED) is 0.626. The summed E-state index contributed by atoms with van der Waals surface area (Å²) in [6, 6.07) is 8.99. The zero-order valence-corrected chi connectivity index (χ0v) is 9.26. The van der Waals surface area contributed by atoms with Crippen LogP contribution in [0.15, 0.2) is 36.4 Å². The molecule has 17 heavy (non-hydrogen) atoms. The molecule has 0 bridgehead atoms. The summed E-state index contributed by atoms with van der Waals surface area (Å²) in [6.07, 6.45) is 3.67. The lowest BCUT2D eigenvalue weighted by atomic mass is 10.2. The number of rotatable bonds is 3. The van der Waals surface area contributed by atoms with Crippen molar-refractivity contribution < 1.29 is 14.3 Å². The molecule has 0 aromatic heterocycles. The van der Waals surface area contributed by atoms with Gasteiger partial charge in [0, 0.05) is 12.5 Å².